The van der Waals surface area contributed by atoms with Crippen LogP contribution in [-0.2, 0) is 16.1 Å². The van der Waals surface area contributed by atoms with Gasteiger partial charge in [-0.1, -0.05) is 29.8 Å². The van der Waals surface area contributed by atoms with Gasteiger partial charge in [0.25, 0.3) is 11.6 Å². The van der Waals surface area contributed by atoms with Crippen molar-refractivity contribution in [3.05, 3.63) is 99.0 Å². The summed E-state index contributed by atoms with van der Waals surface area (Å²) in [6.45, 7) is 7.90. The van der Waals surface area contributed by atoms with E-state index in [-0.39, 0.29) is 37.1 Å². The van der Waals surface area contributed by atoms with E-state index in [9.17, 15) is 19.7 Å². The normalized spacial score (nSPS) is 19.4. The van der Waals surface area contributed by atoms with Gasteiger partial charge in [0.1, 0.15) is 17.9 Å². The number of piperazine rings is 1. The van der Waals surface area contributed by atoms with Crippen LogP contribution in [0.5, 0.6) is 0 Å². The Kier molecular flexibility index (Phi) is 6.23. The maximum absolute atomic E-state index is 14.1. The summed E-state index contributed by atoms with van der Waals surface area (Å²) < 4.78 is 0. The molecule has 1 spiro atoms. The summed E-state index contributed by atoms with van der Waals surface area (Å²) in [6.07, 6.45) is 1.86. The van der Waals surface area contributed by atoms with Crippen LogP contribution >= 0.6 is 11.6 Å². The smallest absolute Gasteiger partial charge is 0.269 e. The molecule has 0 aliphatic carbocycles. The van der Waals surface area contributed by atoms with Crippen molar-refractivity contribution < 1.29 is 14.5 Å². The van der Waals surface area contributed by atoms with Crippen molar-refractivity contribution in [1.82, 2.24) is 9.88 Å². The van der Waals surface area contributed by atoms with Crippen molar-refractivity contribution in [1.29, 1.82) is 0 Å². The lowest BCUT2D eigenvalue weighted by Crippen LogP contribution is -2.69. The molecule has 11 heteroatoms. The Morgan fingerprint density at radius 1 is 1.08 bits per heavy atom. The van der Waals surface area contributed by atoms with E-state index < -0.39 is 10.5 Å². The molecule has 2 aliphatic rings. The summed E-state index contributed by atoms with van der Waals surface area (Å²) in [5.74, 6) is 0.129. The number of anilines is 2. The third-order valence-electron chi connectivity index (χ3n) is 6.81. The van der Waals surface area contributed by atoms with Crippen molar-refractivity contribution >= 4 is 46.3 Å². The molecule has 0 N–H and O–H groups in total. The van der Waals surface area contributed by atoms with E-state index in [1.807, 2.05) is 17.0 Å². The molecule has 186 valence electrons. The molecule has 10 nitrogen and oxygen atoms in total. The number of non-ortho nitro benzene ring substituents is 1. The molecule has 0 saturated carbocycles. The van der Waals surface area contributed by atoms with Gasteiger partial charge < -0.3 is 14.7 Å². The number of carbonyl (C=O) groups is 2. The van der Waals surface area contributed by atoms with Crippen LogP contribution < -0.4 is 9.80 Å². The number of pyridine rings is 1. The molecule has 5 rings (SSSR count). The van der Waals surface area contributed by atoms with Crippen LogP contribution in [0.1, 0.15) is 12.0 Å². The van der Waals surface area contributed by atoms with Crippen LogP contribution in [0.25, 0.3) is 4.85 Å². The van der Waals surface area contributed by atoms with E-state index in [4.69, 9.17) is 18.2 Å². The highest BCUT2D eigenvalue weighted by atomic mass is 35.5. The van der Waals surface area contributed by atoms with Crippen LogP contribution in [0, 0.1) is 16.7 Å². The first-order chi connectivity index (χ1) is 17.8. The third-order valence-corrected chi connectivity index (χ3v) is 7.07. The lowest BCUT2D eigenvalue weighted by Gasteiger charge is -2.47. The number of hydrogen-bond acceptors (Lipinski definition) is 6. The predicted octanol–water partition coefficient (Wildman–Crippen LogP) is 4.22. The Hall–Kier alpha value is -4.49. The number of hydrogen-bond donors (Lipinski definition) is 0. The molecule has 37 heavy (non-hydrogen) atoms. The molecule has 2 aromatic carbocycles. The fourth-order valence-electron chi connectivity index (χ4n) is 4.89. The zero-order valence-electron chi connectivity index (χ0n) is 19.6. The van der Waals surface area contributed by atoms with Gasteiger partial charge in [0.15, 0.2) is 0 Å². The molecule has 1 atom stereocenters. The average molecular weight is 517 g/mol. The van der Waals surface area contributed by atoms with Crippen molar-refractivity contribution in [3.63, 3.8) is 0 Å². The minimum atomic E-state index is -1.17. The van der Waals surface area contributed by atoms with Gasteiger partial charge in [-0.2, -0.15) is 0 Å². The monoisotopic (exact) mass is 516 g/mol. The van der Waals surface area contributed by atoms with Crippen LogP contribution in [0.2, 0.25) is 5.02 Å². The summed E-state index contributed by atoms with van der Waals surface area (Å²) in [7, 11) is 0. The van der Waals surface area contributed by atoms with Gasteiger partial charge in [0.05, 0.1) is 18.0 Å². The number of amides is 2. The Labute approximate surface area is 217 Å². The van der Waals surface area contributed by atoms with E-state index in [2.05, 4.69) is 9.83 Å². The van der Waals surface area contributed by atoms with E-state index in [0.717, 1.165) is 5.56 Å². The lowest BCUT2D eigenvalue weighted by atomic mass is 9.90. The SMILES string of the molecule is [C-]#[N+]c1ccc(N2CCC3(C2)C(=O)N(c2ccc([N+](=O)[O-])cc2)CC(=O)N3Cc2ccc(Cl)cc2)nc1. The van der Waals surface area contributed by atoms with Gasteiger partial charge in [-0.25, -0.2) is 4.85 Å². The molecule has 2 saturated heterocycles. The molecular weight excluding hydrogens is 496 g/mol. The molecule has 3 aromatic rings. The number of nitrogens with zero attached hydrogens (tertiary/aromatic N) is 6. The van der Waals surface area contributed by atoms with Crippen LogP contribution in [0.4, 0.5) is 22.9 Å². The van der Waals surface area contributed by atoms with Crippen molar-refractivity contribution in [2.75, 3.05) is 29.4 Å². The van der Waals surface area contributed by atoms with E-state index in [1.54, 1.807) is 29.2 Å². The van der Waals surface area contributed by atoms with Gasteiger partial charge in [-0.05, 0) is 42.3 Å². The van der Waals surface area contributed by atoms with Gasteiger partial charge in [-0.15, -0.1) is 0 Å². The lowest BCUT2D eigenvalue weighted by molar-refractivity contribution is -0.384. The number of aromatic nitrogens is 1. The van der Waals surface area contributed by atoms with Crippen molar-refractivity contribution in [3.8, 4) is 0 Å². The summed E-state index contributed by atoms with van der Waals surface area (Å²) >= 11 is 6.04. The van der Waals surface area contributed by atoms with Crippen LogP contribution in [0.15, 0.2) is 66.9 Å². The topological polar surface area (TPSA) is 104 Å². The Balaban J connectivity index is 1.51. The van der Waals surface area contributed by atoms with E-state index in [1.165, 1.54) is 35.4 Å². The zero-order chi connectivity index (χ0) is 26.2. The van der Waals surface area contributed by atoms with Gasteiger partial charge in [0, 0.05) is 42.1 Å². The Morgan fingerprint density at radius 3 is 2.43 bits per heavy atom. The molecule has 1 unspecified atom stereocenters. The second-order valence-corrected chi connectivity index (χ2v) is 9.40. The van der Waals surface area contributed by atoms with Gasteiger partial charge in [0.2, 0.25) is 11.6 Å². The third kappa shape index (κ3) is 4.45. The van der Waals surface area contributed by atoms with Crippen molar-refractivity contribution in [2.45, 2.75) is 18.5 Å². The summed E-state index contributed by atoms with van der Waals surface area (Å²) in [6, 6.07) is 16.2. The molecule has 0 radical (unpaired) electrons. The first-order valence-corrected chi connectivity index (χ1v) is 11.9. The first kappa shape index (κ1) is 24.2. The fraction of sp³-hybridized carbons (Fsp3) is 0.231. The second-order valence-electron chi connectivity index (χ2n) is 8.96. The van der Waals surface area contributed by atoms with E-state index >= 15 is 0 Å². The number of carbonyl (C=O) groups excluding carboxylic acids is 2. The maximum Gasteiger partial charge on any atom is 0.269 e. The van der Waals surface area contributed by atoms with Gasteiger partial charge >= 0.3 is 0 Å². The number of halogens is 1. The quantitative estimate of drug-likeness (QED) is 0.286. The first-order valence-electron chi connectivity index (χ1n) is 11.5. The van der Waals surface area contributed by atoms with Crippen molar-refractivity contribution in [2.24, 2.45) is 0 Å². The highest BCUT2D eigenvalue weighted by Gasteiger charge is 2.56. The maximum atomic E-state index is 14.1. The fourth-order valence-corrected chi connectivity index (χ4v) is 5.01. The second kappa shape index (κ2) is 9.52. The average Bonchev–Trinajstić information content (AvgIpc) is 3.36. The molecule has 3 heterocycles. The highest BCUT2D eigenvalue weighted by Crippen LogP contribution is 2.38. The summed E-state index contributed by atoms with van der Waals surface area (Å²) in [5.41, 5.74) is 0.408. The minimum Gasteiger partial charge on any atom is -0.354 e. The summed E-state index contributed by atoms with van der Waals surface area (Å²) in [4.78, 5) is 51.0. The number of nitro groups is 1. The predicted molar refractivity (Wildman–Crippen MR) is 138 cm³/mol. The molecule has 1 aromatic heterocycles. The minimum absolute atomic E-state index is 0.0976. The van der Waals surface area contributed by atoms with Gasteiger partial charge in [-0.3, -0.25) is 24.7 Å². The molecule has 2 amide bonds. The largest absolute Gasteiger partial charge is 0.354 e. The number of rotatable bonds is 5. The number of benzene rings is 2. The standard InChI is InChI=1S/C26H21ClN6O4/c1-28-20-6-11-23(29-14-20)30-13-12-26(17-30)25(35)31(21-7-9-22(10-8-21)33(36)37)16-24(34)32(26)15-18-2-4-19(27)5-3-18/h2-11,14H,12-13,15-17H2. The zero-order valence-corrected chi connectivity index (χ0v) is 20.3. The Morgan fingerprint density at radius 2 is 1.81 bits per heavy atom. The van der Waals surface area contributed by atoms with Crippen LogP contribution in [-0.4, -0.2) is 51.8 Å². The summed E-state index contributed by atoms with van der Waals surface area (Å²) in [5, 5.41) is 11.7. The molecule has 2 aliphatic heterocycles. The van der Waals surface area contributed by atoms with Crippen LogP contribution in [0.3, 0.4) is 0 Å². The van der Waals surface area contributed by atoms with E-state index in [0.29, 0.717) is 35.2 Å². The molecular formula is C26H21ClN6O4. The highest BCUT2D eigenvalue weighted by molar-refractivity contribution is 6.30. The number of nitro benzene ring substituents is 1. The Bertz CT molecular complexity index is 1400. The molecule has 2 fully saturated rings. The molecule has 0 bridgehead atoms.